The first-order valence-electron chi connectivity index (χ1n) is 6.98. The van der Waals surface area contributed by atoms with Crippen molar-refractivity contribution in [1.82, 2.24) is 4.90 Å². The minimum atomic E-state index is -0.515. The molecule has 1 aliphatic rings. The summed E-state index contributed by atoms with van der Waals surface area (Å²) in [5.74, 6) is 0. The molecule has 0 unspecified atom stereocenters. The van der Waals surface area contributed by atoms with Crippen molar-refractivity contribution in [3.63, 3.8) is 0 Å². The molecule has 0 spiro atoms. The van der Waals surface area contributed by atoms with Gasteiger partial charge in [-0.15, -0.1) is 0 Å². The van der Waals surface area contributed by atoms with E-state index in [1.54, 1.807) is 0 Å². The molecule has 0 N–H and O–H groups in total. The zero-order valence-electron chi connectivity index (χ0n) is 12.2. The second-order valence-electron chi connectivity index (χ2n) is 4.91. The SMILES string of the molecule is COC(=O)N(OC)c1ccccc1CN1CCCCC1. The Morgan fingerprint density at radius 2 is 1.90 bits per heavy atom. The third-order valence-electron chi connectivity index (χ3n) is 3.58. The van der Waals surface area contributed by atoms with Crippen LogP contribution in [-0.2, 0) is 16.1 Å². The Bertz CT molecular complexity index is 444. The molecule has 0 radical (unpaired) electrons. The van der Waals surface area contributed by atoms with E-state index in [0.717, 1.165) is 30.9 Å². The maximum absolute atomic E-state index is 11.8. The van der Waals surface area contributed by atoms with Crippen molar-refractivity contribution < 1.29 is 14.4 Å². The van der Waals surface area contributed by atoms with E-state index in [4.69, 9.17) is 9.57 Å². The van der Waals surface area contributed by atoms with Crippen LogP contribution in [0.3, 0.4) is 0 Å². The fraction of sp³-hybridized carbons (Fsp3) is 0.533. The first-order valence-corrected chi connectivity index (χ1v) is 6.98. The van der Waals surface area contributed by atoms with Gasteiger partial charge in [0, 0.05) is 6.54 Å². The Morgan fingerprint density at radius 3 is 2.55 bits per heavy atom. The highest BCUT2D eigenvalue weighted by atomic mass is 16.7. The van der Waals surface area contributed by atoms with Crippen LogP contribution in [0, 0.1) is 0 Å². The van der Waals surface area contributed by atoms with Gasteiger partial charge in [0.25, 0.3) is 0 Å². The van der Waals surface area contributed by atoms with E-state index in [1.165, 1.54) is 38.5 Å². The summed E-state index contributed by atoms with van der Waals surface area (Å²) in [5.41, 5.74) is 1.81. The van der Waals surface area contributed by atoms with Gasteiger partial charge in [-0.25, -0.2) is 4.79 Å². The smallest absolute Gasteiger partial charge is 0.438 e. The fourth-order valence-corrected chi connectivity index (χ4v) is 2.56. The quantitative estimate of drug-likeness (QED) is 0.794. The molecule has 1 amide bonds. The van der Waals surface area contributed by atoms with Gasteiger partial charge in [-0.1, -0.05) is 24.6 Å². The molecular formula is C15H22N2O3. The molecule has 0 aromatic heterocycles. The van der Waals surface area contributed by atoms with Crippen molar-refractivity contribution in [2.45, 2.75) is 25.8 Å². The molecule has 0 aliphatic carbocycles. The Hall–Kier alpha value is -1.59. The summed E-state index contributed by atoms with van der Waals surface area (Å²) in [4.78, 5) is 19.3. The molecule has 1 aromatic carbocycles. The molecule has 110 valence electrons. The van der Waals surface area contributed by atoms with E-state index in [2.05, 4.69) is 4.90 Å². The number of piperidine rings is 1. The van der Waals surface area contributed by atoms with Crippen LogP contribution in [0.1, 0.15) is 24.8 Å². The summed E-state index contributed by atoms with van der Waals surface area (Å²) in [6.07, 6.45) is 3.28. The molecule has 0 bridgehead atoms. The van der Waals surface area contributed by atoms with Gasteiger partial charge in [-0.3, -0.25) is 9.74 Å². The van der Waals surface area contributed by atoms with Gasteiger partial charge in [0.15, 0.2) is 0 Å². The lowest BCUT2D eigenvalue weighted by Gasteiger charge is -2.28. The maximum atomic E-state index is 11.8. The highest BCUT2D eigenvalue weighted by molar-refractivity contribution is 5.86. The van der Waals surface area contributed by atoms with Gasteiger partial charge in [0.2, 0.25) is 0 Å². The first kappa shape index (κ1) is 14.8. The van der Waals surface area contributed by atoms with Crippen LogP contribution in [-0.4, -0.2) is 38.3 Å². The number of amides is 1. The van der Waals surface area contributed by atoms with Crippen molar-refractivity contribution >= 4 is 11.8 Å². The van der Waals surface area contributed by atoms with Gasteiger partial charge in [0.05, 0.1) is 19.9 Å². The van der Waals surface area contributed by atoms with Crippen molar-refractivity contribution in [2.24, 2.45) is 0 Å². The molecule has 2 rings (SSSR count). The largest absolute Gasteiger partial charge is 0.451 e. The van der Waals surface area contributed by atoms with Crippen LogP contribution in [0.2, 0.25) is 0 Å². The van der Waals surface area contributed by atoms with Crippen LogP contribution in [0.25, 0.3) is 0 Å². The summed E-state index contributed by atoms with van der Waals surface area (Å²) in [6, 6.07) is 7.77. The van der Waals surface area contributed by atoms with E-state index in [0.29, 0.717) is 0 Å². The monoisotopic (exact) mass is 278 g/mol. The number of anilines is 1. The number of rotatable bonds is 4. The van der Waals surface area contributed by atoms with Gasteiger partial charge in [-0.05, 0) is 37.6 Å². The summed E-state index contributed by atoms with van der Waals surface area (Å²) in [5, 5.41) is 1.19. The molecule has 1 aliphatic heterocycles. The molecule has 5 heteroatoms. The maximum Gasteiger partial charge on any atom is 0.438 e. The Labute approximate surface area is 120 Å². The summed E-state index contributed by atoms with van der Waals surface area (Å²) in [6.45, 7) is 3.05. The summed E-state index contributed by atoms with van der Waals surface area (Å²) in [7, 11) is 2.82. The molecule has 0 saturated carbocycles. The number of ether oxygens (including phenoxy) is 1. The van der Waals surface area contributed by atoms with Gasteiger partial charge >= 0.3 is 6.09 Å². The number of carbonyl (C=O) groups is 1. The van der Waals surface area contributed by atoms with Crippen LogP contribution < -0.4 is 5.06 Å². The minimum absolute atomic E-state index is 0.515. The van der Waals surface area contributed by atoms with Crippen LogP contribution in [0.4, 0.5) is 10.5 Å². The number of nitrogens with zero attached hydrogens (tertiary/aromatic N) is 2. The number of hydrogen-bond donors (Lipinski definition) is 0. The summed E-state index contributed by atoms with van der Waals surface area (Å²) >= 11 is 0. The van der Waals surface area contributed by atoms with Gasteiger partial charge in [-0.2, -0.15) is 5.06 Å². The lowest BCUT2D eigenvalue weighted by Crippen LogP contribution is -2.33. The van der Waals surface area contributed by atoms with Crippen molar-refractivity contribution in [1.29, 1.82) is 0 Å². The number of likely N-dealkylation sites (tertiary alicyclic amines) is 1. The van der Waals surface area contributed by atoms with Crippen LogP contribution in [0.5, 0.6) is 0 Å². The van der Waals surface area contributed by atoms with E-state index < -0.39 is 6.09 Å². The Kier molecular flexibility index (Phi) is 5.38. The molecule has 1 fully saturated rings. The number of methoxy groups -OCH3 is 1. The Balaban J connectivity index is 2.18. The molecule has 20 heavy (non-hydrogen) atoms. The fourth-order valence-electron chi connectivity index (χ4n) is 2.56. The lowest BCUT2D eigenvalue weighted by atomic mass is 10.1. The van der Waals surface area contributed by atoms with Crippen molar-refractivity contribution in [3.05, 3.63) is 29.8 Å². The third kappa shape index (κ3) is 3.49. The topological polar surface area (TPSA) is 42.0 Å². The number of carbonyl (C=O) groups excluding carboxylic acids is 1. The number of hydroxylamine groups is 1. The second-order valence-corrected chi connectivity index (χ2v) is 4.91. The minimum Gasteiger partial charge on any atom is -0.451 e. The van der Waals surface area contributed by atoms with Crippen molar-refractivity contribution in [2.75, 3.05) is 32.4 Å². The van der Waals surface area contributed by atoms with Crippen LogP contribution in [0.15, 0.2) is 24.3 Å². The first-order chi connectivity index (χ1) is 9.76. The average molecular weight is 278 g/mol. The van der Waals surface area contributed by atoms with Crippen molar-refractivity contribution in [3.8, 4) is 0 Å². The van der Waals surface area contributed by atoms with E-state index in [1.807, 2.05) is 24.3 Å². The number of para-hydroxylation sites is 1. The van der Waals surface area contributed by atoms with E-state index >= 15 is 0 Å². The van der Waals surface area contributed by atoms with E-state index in [9.17, 15) is 4.79 Å². The number of benzene rings is 1. The van der Waals surface area contributed by atoms with E-state index in [-0.39, 0.29) is 0 Å². The highest BCUT2D eigenvalue weighted by Gasteiger charge is 2.20. The highest BCUT2D eigenvalue weighted by Crippen LogP contribution is 2.24. The zero-order valence-corrected chi connectivity index (χ0v) is 12.2. The molecule has 5 nitrogen and oxygen atoms in total. The second kappa shape index (κ2) is 7.26. The Morgan fingerprint density at radius 1 is 1.20 bits per heavy atom. The summed E-state index contributed by atoms with van der Waals surface area (Å²) < 4.78 is 4.75. The molecule has 1 saturated heterocycles. The molecule has 1 aromatic rings. The zero-order chi connectivity index (χ0) is 14.4. The third-order valence-corrected chi connectivity index (χ3v) is 3.58. The predicted molar refractivity (Wildman–Crippen MR) is 77.5 cm³/mol. The normalized spacial score (nSPS) is 15.9. The van der Waals surface area contributed by atoms with Crippen LogP contribution >= 0.6 is 0 Å². The van der Waals surface area contributed by atoms with Gasteiger partial charge in [0.1, 0.15) is 0 Å². The molecule has 0 atom stereocenters. The number of hydrogen-bond acceptors (Lipinski definition) is 4. The molecular weight excluding hydrogens is 256 g/mol. The predicted octanol–water partition coefficient (Wildman–Crippen LogP) is 2.81. The standard InChI is InChI=1S/C15H22N2O3/c1-19-15(18)17(20-2)14-9-5-4-8-13(14)12-16-10-6-3-7-11-16/h4-5,8-9H,3,6-7,10-12H2,1-2H3. The lowest BCUT2D eigenvalue weighted by molar-refractivity contribution is 0.115. The molecule has 1 heterocycles. The van der Waals surface area contributed by atoms with Gasteiger partial charge < -0.3 is 4.74 Å². The average Bonchev–Trinajstić information content (AvgIpc) is 2.50.